The number of hydrogen-bond acceptors (Lipinski definition) is 12. The summed E-state index contributed by atoms with van der Waals surface area (Å²) >= 11 is 0. The van der Waals surface area contributed by atoms with Gasteiger partial charge in [-0.1, -0.05) is 6.07 Å². The van der Waals surface area contributed by atoms with Gasteiger partial charge in [0.05, 0.1) is 34.9 Å². The van der Waals surface area contributed by atoms with Crippen molar-refractivity contribution in [2.75, 3.05) is 63.6 Å². The van der Waals surface area contributed by atoms with E-state index in [1.807, 2.05) is 0 Å². The number of sulfone groups is 1. The van der Waals surface area contributed by atoms with Crippen molar-refractivity contribution in [3.05, 3.63) is 47.7 Å². The van der Waals surface area contributed by atoms with Crippen LogP contribution < -0.4 is 19.7 Å². The molecule has 8 heterocycles. The number of rotatable bonds is 5. The molecule has 2 amide bonds. The second kappa shape index (κ2) is 15.7. The molecule has 14 nitrogen and oxygen atoms in total. The Bertz CT molecular complexity index is 2530. The molecule has 0 unspecified atom stereocenters. The zero-order chi connectivity index (χ0) is 42.8. The summed E-state index contributed by atoms with van der Waals surface area (Å²) in [7, 11) is -3.29. The lowest BCUT2D eigenvalue weighted by atomic mass is 9.90. The average Bonchev–Trinajstić information content (AvgIpc) is 3.73. The van der Waals surface area contributed by atoms with Gasteiger partial charge in [0.15, 0.2) is 5.82 Å². The third kappa shape index (κ3) is 7.98. The van der Waals surface area contributed by atoms with Crippen LogP contribution in [-0.4, -0.2) is 133 Å². The van der Waals surface area contributed by atoms with Crippen molar-refractivity contribution in [1.82, 2.24) is 30.1 Å². The molecule has 1 N–H and O–H groups in total. The van der Waals surface area contributed by atoms with Crippen molar-refractivity contribution in [2.24, 2.45) is 0 Å². The number of fused-ring (bicyclic) bond motifs is 7. The van der Waals surface area contributed by atoms with Crippen molar-refractivity contribution in [2.45, 2.75) is 87.0 Å². The smallest absolute Gasteiger partial charge is 0.415 e. The first-order valence-corrected chi connectivity index (χ1v) is 22.7. The van der Waals surface area contributed by atoms with Crippen molar-refractivity contribution in [1.29, 1.82) is 0 Å². The number of carbonyl (C=O) groups excluding carboxylic acids is 2. The number of hydrogen-bond donors (Lipinski definition) is 1. The van der Waals surface area contributed by atoms with Gasteiger partial charge in [0, 0.05) is 57.0 Å². The van der Waals surface area contributed by atoms with Crippen LogP contribution in [0.5, 0.6) is 11.8 Å². The molecule has 19 heteroatoms. The fourth-order valence-corrected chi connectivity index (χ4v) is 11.1. The quantitative estimate of drug-likeness (QED) is 0.232. The summed E-state index contributed by atoms with van der Waals surface area (Å²) in [5, 5.41) is 2.99. The van der Waals surface area contributed by atoms with Crippen LogP contribution in [-0.2, 0) is 21.0 Å². The molecule has 4 atom stereocenters. The molecule has 0 radical (unpaired) electrons. The minimum Gasteiger partial charge on any atom is -0.461 e. The molecule has 4 fully saturated rings. The molecule has 0 aliphatic carbocycles. The number of nitrogens with zero attached hydrogens (tertiary/aromatic N) is 6. The number of piperidine rings is 2. The van der Waals surface area contributed by atoms with Crippen LogP contribution in [0.2, 0.25) is 0 Å². The lowest BCUT2D eigenvalue weighted by Crippen LogP contribution is -2.60. The van der Waals surface area contributed by atoms with E-state index in [0.717, 1.165) is 6.42 Å². The summed E-state index contributed by atoms with van der Waals surface area (Å²) in [5.74, 6) is -1.45. The molecule has 0 spiro atoms. The van der Waals surface area contributed by atoms with Gasteiger partial charge in [0.1, 0.15) is 57.4 Å². The number of pyridine rings is 1. The van der Waals surface area contributed by atoms with Crippen LogP contribution in [0.3, 0.4) is 0 Å². The van der Waals surface area contributed by atoms with Crippen LogP contribution in [0.4, 0.5) is 33.0 Å². The number of carbonyl (C=O) groups is 2. The molecule has 6 aliphatic rings. The Kier molecular flexibility index (Phi) is 10.6. The molecule has 2 aromatic heterocycles. The van der Waals surface area contributed by atoms with Gasteiger partial charge in [-0.15, -0.1) is 0 Å². The van der Waals surface area contributed by atoms with Crippen LogP contribution >= 0.6 is 0 Å². The number of ether oxygens (including phenoxy) is 3. The van der Waals surface area contributed by atoms with Crippen LogP contribution in [0.1, 0.15) is 57.4 Å². The highest BCUT2D eigenvalue weighted by atomic mass is 32.2. The zero-order valence-electron chi connectivity index (χ0n) is 33.9. The summed E-state index contributed by atoms with van der Waals surface area (Å²) < 4.78 is 106. The van der Waals surface area contributed by atoms with E-state index in [0.29, 0.717) is 18.4 Å². The van der Waals surface area contributed by atoms with Crippen molar-refractivity contribution in [3.8, 4) is 23.0 Å². The van der Waals surface area contributed by atoms with Gasteiger partial charge < -0.3 is 29.3 Å². The van der Waals surface area contributed by atoms with E-state index >= 15 is 13.2 Å². The topological polar surface area (TPSA) is 156 Å². The SMILES string of the molecule is C[C@@]12C[C@@H](F)CN(C1)c1nc(OC[C@@]34CCCN3C[C@H](F)C4)nc3c(F)c(ncc13)-c1cc(OC(=O)N3CCC(S(C)(=O)=O)CC3)cc3ccc(F)c(c13)CCCOC(=O)N2. The van der Waals surface area contributed by atoms with Gasteiger partial charge >= 0.3 is 18.2 Å². The maximum Gasteiger partial charge on any atom is 0.415 e. The maximum atomic E-state index is 17.6. The van der Waals surface area contributed by atoms with Crippen molar-refractivity contribution >= 4 is 49.5 Å². The third-order valence-electron chi connectivity index (χ3n) is 12.9. The average molecular weight is 870 g/mol. The van der Waals surface area contributed by atoms with Crippen molar-refractivity contribution < 1.29 is 49.8 Å². The first-order valence-electron chi connectivity index (χ1n) is 20.7. The highest BCUT2D eigenvalue weighted by Gasteiger charge is 2.49. The molecule has 2 aromatic carbocycles. The molecular formula is C42H47F4N7O7S. The number of aromatic nitrogens is 3. The predicted molar refractivity (Wildman–Crippen MR) is 217 cm³/mol. The number of aryl methyl sites for hydroxylation is 1. The zero-order valence-corrected chi connectivity index (χ0v) is 34.7. The monoisotopic (exact) mass is 869 g/mol. The van der Waals surface area contributed by atoms with Crippen molar-refractivity contribution in [3.63, 3.8) is 0 Å². The lowest BCUT2D eigenvalue weighted by molar-refractivity contribution is 0.107. The molecular weight excluding hydrogens is 823 g/mol. The highest BCUT2D eigenvalue weighted by Crippen LogP contribution is 2.43. The van der Waals surface area contributed by atoms with E-state index in [2.05, 4.69) is 25.2 Å². The summed E-state index contributed by atoms with van der Waals surface area (Å²) in [6, 6.07) is 5.41. The first kappa shape index (κ1) is 41.3. The van der Waals surface area contributed by atoms with Crippen LogP contribution in [0.25, 0.3) is 32.9 Å². The number of nitrogens with one attached hydrogen (secondary N) is 1. The Labute approximate surface area is 349 Å². The number of likely N-dealkylation sites (tertiary alicyclic amines) is 1. The second-order valence-corrected chi connectivity index (χ2v) is 19.8. The number of benzene rings is 2. The minimum atomic E-state index is -3.29. The molecule has 6 aliphatic heterocycles. The third-order valence-corrected chi connectivity index (χ3v) is 14.6. The number of amides is 2. The number of halogens is 4. The normalized spacial score (nSPS) is 26.4. The van der Waals surface area contributed by atoms with Gasteiger partial charge in [0.2, 0.25) is 0 Å². The van der Waals surface area contributed by atoms with Gasteiger partial charge in [-0.3, -0.25) is 9.88 Å². The van der Waals surface area contributed by atoms with Gasteiger partial charge in [-0.25, -0.2) is 35.6 Å². The fourth-order valence-electron chi connectivity index (χ4n) is 10.1. The summed E-state index contributed by atoms with van der Waals surface area (Å²) in [4.78, 5) is 45.5. The molecule has 326 valence electrons. The Morgan fingerprint density at radius 2 is 1.84 bits per heavy atom. The Hall–Kier alpha value is -5.04. The van der Waals surface area contributed by atoms with E-state index in [4.69, 9.17) is 14.2 Å². The Morgan fingerprint density at radius 1 is 1.05 bits per heavy atom. The van der Waals surface area contributed by atoms with E-state index in [1.165, 1.54) is 41.6 Å². The Balaban J connectivity index is 1.18. The maximum absolute atomic E-state index is 17.6. The minimum absolute atomic E-state index is 0.000388. The summed E-state index contributed by atoms with van der Waals surface area (Å²) in [6.45, 7) is 2.77. The first-order chi connectivity index (χ1) is 29.1. The standard InChI is InChI=1S/C42H47F4N7O7S/c1-41-17-25(43)20-52(22-41)37-31-19-47-35(34(46)36(31)48-38(49-37)59-23-42-10-4-11-53(42)21-26(44)18-42)30-16-27(60-40(55)51-12-8-28(9-13-51)61(2,56)57)15-24-6-7-32(45)29(33(24)30)5-3-14-58-39(54)50-41/h6-7,15-16,19,25-26,28H,3-5,8-14,17-18,20-23H2,1-2H3,(H,50,54)/t25-,26-,41-,42+/m1/s1. The number of anilines is 1. The van der Waals surface area contributed by atoms with Crippen LogP contribution in [0, 0.1) is 11.6 Å². The lowest BCUT2D eigenvalue weighted by Gasteiger charge is -2.42. The number of alkyl carbamates (subject to hydrolysis) is 1. The second-order valence-electron chi connectivity index (χ2n) is 17.5. The van der Waals surface area contributed by atoms with E-state index in [9.17, 15) is 22.4 Å². The molecule has 61 heavy (non-hydrogen) atoms. The molecule has 10 rings (SSSR count). The summed E-state index contributed by atoms with van der Waals surface area (Å²) in [6.07, 6.45) is 0.983. The highest BCUT2D eigenvalue weighted by molar-refractivity contribution is 7.91. The van der Waals surface area contributed by atoms with E-state index in [-0.39, 0.29) is 135 Å². The largest absolute Gasteiger partial charge is 0.461 e. The van der Waals surface area contributed by atoms with Gasteiger partial charge in [-0.2, -0.15) is 9.97 Å². The fraction of sp³-hybridized carbons (Fsp3) is 0.548. The molecule has 0 saturated carbocycles. The molecule has 4 saturated heterocycles. The predicted octanol–water partition coefficient (Wildman–Crippen LogP) is 6.07. The molecule has 6 bridgehead atoms. The van der Waals surface area contributed by atoms with Gasteiger partial charge in [-0.05, 0) is 86.5 Å². The molecule has 4 aromatic rings. The van der Waals surface area contributed by atoms with E-state index < -0.39 is 62.3 Å². The van der Waals surface area contributed by atoms with Crippen LogP contribution in [0.15, 0.2) is 30.5 Å². The van der Waals surface area contributed by atoms with Gasteiger partial charge in [0.25, 0.3) is 0 Å². The Morgan fingerprint density at radius 3 is 2.62 bits per heavy atom. The number of alkyl halides is 2. The summed E-state index contributed by atoms with van der Waals surface area (Å²) in [5.41, 5.74) is -1.99. The van der Waals surface area contributed by atoms with E-state index in [1.54, 1.807) is 11.8 Å².